The maximum atomic E-state index is 12.6. The van der Waals surface area contributed by atoms with Crippen molar-refractivity contribution in [1.82, 2.24) is 0 Å². The molecule has 5 heteroatoms. The minimum Gasteiger partial charge on any atom is -0.504 e. The molecule has 3 aromatic rings. The predicted octanol–water partition coefficient (Wildman–Crippen LogP) is 3.45. The highest BCUT2D eigenvalue weighted by Crippen LogP contribution is 2.38. The number of phenolic OH excluding ortho intramolecular Hbond substituents is 2. The summed E-state index contributed by atoms with van der Waals surface area (Å²) in [6, 6.07) is 13.4. The third-order valence-corrected chi connectivity index (χ3v) is 4.00. The van der Waals surface area contributed by atoms with E-state index in [-0.39, 0.29) is 34.9 Å². The van der Waals surface area contributed by atoms with Crippen LogP contribution in [-0.4, -0.2) is 21.8 Å². The molecule has 0 radical (unpaired) electrons. The van der Waals surface area contributed by atoms with Crippen LogP contribution in [0, 0.1) is 0 Å². The second-order valence-corrected chi connectivity index (χ2v) is 5.26. The van der Waals surface area contributed by atoms with Gasteiger partial charge in [0.25, 0.3) is 0 Å². The Labute approximate surface area is 137 Å². The molecular weight excluding hydrogens is 316 g/mol. The first-order valence-corrected chi connectivity index (χ1v) is 6.75. The summed E-state index contributed by atoms with van der Waals surface area (Å²) in [4.78, 5) is 25.3. The van der Waals surface area contributed by atoms with E-state index in [9.17, 15) is 19.8 Å². The van der Waals surface area contributed by atoms with Gasteiger partial charge in [-0.15, -0.1) is 12.4 Å². The molecule has 0 bridgehead atoms. The van der Waals surface area contributed by atoms with Crippen molar-refractivity contribution < 1.29 is 19.8 Å². The number of benzene rings is 3. The molecule has 0 saturated carbocycles. The van der Waals surface area contributed by atoms with Crippen molar-refractivity contribution >= 4 is 34.7 Å². The van der Waals surface area contributed by atoms with Gasteiger partial charge in [-0.2, -0.15) is 0 Å². The highest BCUT2D eigenvalue weighted by atomic mass is 35.5. The minimum atomic E-state index is -0.547. The normalized spacial score (nSPS) is 12.5. The Balaban J connectivity index is 0.00000156. The fourth-order valence-electron chi connectivity index (χ4n) is 2.90. The zero-order valence-electron chi connectivity index (χ0n) is 11.7. The van der Waals surface area contributed by atoms with Crippen molar-refractivity contribution in [2.45, 2.75) is 0 Å². The number of fused-ring (bicyclic) bond motifs is 3. The molecule has 0 fully saturated rings. The van der Waals surface area contributed by atoms with Crippen molar-refractivity contribution in [3.05, 3.63) is 70.8 Å². The summed E-state index contributed by atoms with van der Waals surface area (Å²) in [6.07, 6.45) is 0. The van der Waals surface area contributed by atoms with E-state index in [1.165, 1.54) is 12.1 Å². The van der Waals surface area contributed by atoms with Gasteiger partial charge in [0, 0.05) is 16.7 Å². The van der Waals surface area contributed by atoms with Crippen molar-refractivity contribution in [2.75, 3.05) is 0 Å². The summed E-state index contributed by atoms with van der Waals surface area (Å²) in [5.74, 6) is -1.74. The summed E-state index contributed by atoms with van der Waals surface area (Å²) in [5.41, 5.74) is 0.550. The molecular formula is C18H11ClO4. The zero-order valence-corrected chi connectivity index (χ0v) is 12.6. The van der Waals surface area contributed by atoms with Gasteiger partial charge in [0.15, 0.2) is 23.1 Å². The average Bonchev–Trinajstić information content (AvgIpc) is 2.54. The molecule has 0 spiro atoms. The molecule has 0 atom stereocenters. The number of rotatable bonds is 0. The van der Waals surface area contributed by atoms with Crippen molar-refractivity contribution in [3.63, 3.8) is 0 Å². The van der Waals surface area contributed by atoms with Crippen LogP contribution in [0.15, 0.2) is 48.5 Å². The largest absolute Gasteiger partial charge is 0.504 e. The van der Waals surface area contributed by atoms with Gasteiger partial charge in [-0.05, 0) is 35.0 Å². The summed E-state index contributed by atoms with van der Waals surface area (Å²) in [7, 11) is 0. The fourth-order valence-corrected chi connectivity index (χ4v) is 2.90. The summed E-state index contributed by atoms with van der Waals surface area (Å²) in [6.45, 7) is 0. The molecule has 114 valence electrons. The third-order valence-electron chi connectivity index (χ3n) is 4.00. The lowest BCUT2D eigenvalue weighted by atomic mass is 9.82. The Morgan fingerprint density at radius 3 is 1.87 bits per heavy atom. The maximum Gasteiger partial charge on any atom is 0.198 e. The number of phenols is 2. The SMILES string of the molecule is Cl.O=C1c2cc3ccccc3cc2C(=O)c2c1ccc(O)c2O. The minimum absolute atomic E-state index is 0. The lowest BCUT2D eigenvalue weighted by Gasteiger charge is -2.19. The van der Waals surface area contributed by atoms with Crippen LogP contribution in [0.2, 0.25) is 0 Å². The first-order chi connectivity index (χ1) is 10.6. The predicted molar refractivity (Wildman–Crippen MR) is 87.8 cm³/mol. The Bertz CT molecular complexity index is 992. The van der Waals surface area contributed by atoms with Gasteiger partial charge in [0.1, 0.15) is 0 Å². The van der Waals surface area contributed by atoms with E-state index in [0.717, 1.165) is 10.8 Å². The summed E-state index contributed by atoms with van der Waals surface area (Å²) < 4.78 is 0. The lowest BCUT2D eigenvalue weighted by Crippen LogP contribution is -2.21. The number of aromatic hydroxyl groups is 2. The van der Waals surface area contributed by atoms with Gasteiger partial charge >= 0.3 is 0 Å². The van der Waals surface area contributed by atoms with E-state index in [4.69, 9.17) is 0 Å². The number of halogens is 1. The Morgan fingerprint density at radius 1 is 0.696 bits per heavy atom. The van der Waals surface area contributed by atoms with E-state index in [1.54, 1.807) is 12.1 Å². The molecule has 1 aliphatic rings. The van der Waals surface area contributed by atoms with Crippen LogP contribution in [0.5, 0.6) is 11.5 Å². The van der Waals surface area contributed by atoms with E-state index < -0.39 is 17.3 Å². The molecule has 1 aliphatic carbocycles. The number of ketones is 2. The molecule has 3 aromatic carbocycles. The number of hydrogen-bond donors (Lipinski definition) is 2. The molecule has 0 unspecified atom stereocenters. The second-order valence-electron chi connectivity index (χ2n) is 5.26. The smallest absolute Gasteiger partial charge is 0.198 e. The third kappa shape index (κ3) is 1.99. The van der Waals surface area contributed by atoms with Gasteiger partial charge in [0.2, 0.25) is 0 Å². The van der Waals surface area contributed by atoms with Gasteiger partial charge in [-0.25, -0.2) is 0 Å². The van der Waals surface area contributed by atoms with Crippen LogP contribution in [0.1, 0.15) is 31.8 Å². The number of hydrogen-bond acceptors (Lipinski definition) is 4. The van der Waals surface area contributed by atoms with Crippen molar-refractivity contribution in [1.29, 1.82) is 0 Å². The quantitative estimate of drug-likeness (QED) is 0.485. The molecule has 0 aromatic heterocycles. The van der Waals surface area contributed by atoms with Crippen LogP contribution in [0.25, 0.3) is 10.8 Å². The monoisotopic (exact) mass is 326 g/mol. The number of carbonyl (C=O) groups excluding carboxylic acids is 2. The highest BCUT2D eigenvalue weighted by molar-refractivity contribution is 6.30. The van der Waals surface area contributed by atoms with Crippen LogP contribution >= 0.6 is 12.4 Å². The summed E-state index contributed by atoms with van der Waals surface area (Å²) in [5, 5.41) is 21.2. The van der Waals surface area contributed by atoms with Crippen LogP contribution in [0.4, 0.5) is 0 Å². The molecule has 0 saturated heterocycles. The zero-order chi connectivity index (χ0) is 15.4. The molecule has 23 heavy (non-hydrogen) atoms. The lowest BCUT2D eigenvalue weighted by molar-refractivity contribution is 0.0976. The molecule has 0 heterocycles. The molecule has 4 rings (SSSR count). The highest BCUT2D eigenvalue weighted by Gasteiger charge is 2.33. The first kappa shape index (κ1) is 15.1. The summed E-state index contributed by atoms with van der Waals surface area (Å²) >= 11 is 0. The van der Waals surface area contributed by atoms with E-state index in [1.807, 2.05) is 24.3 Å². The first-order valence-electron chi connectivity index (χ1n) is 6.75. The van der Waals surface area contributed by atoms with Gasteiger partial charge in [-0.1, -0.05) is 24.3 Å². The Hall–Kier alpha value is -2.85. The van der Waals surface area contributed by atoms with Crippen LogP contribution in [-0.2, 0) is 0 Å². The van der Waals surface area contributed by atoms with Crippen molar-refractivity contribution in [3.8, 4) is 11.5 Å². The molecule has 0 aliphatic heterocycles. The van der Waals surface area contributed by atoms with Gasteiger partial charge in [0.05, 0.1) is 5.56 Å². The molecule has 2 N–H and O–H groups in total. The van der Waals surface area contributed by atoms with Gasteiger partial charge in [-0.3, -0.25) is 9.59 Å². The second kappa shape index (κ2) is 5.11. The van der Waals surface area contributed by atoms with Crippen LogP contribution in [0.3, 0.4) is 0 Å². The molecule has 4 nitrogen and oxygen atoms in total. The van der Waals surface area contributed by atoms with Gasteiger partial charge < -0.3 is 10.2 Å². The Kier molecular flexibility index (Phi) is 3.34. The average molecular weight is 327 g/mol. The molecule has 0 amide bonds. The van der Waals surface area contributed by atoms with E-state index >= 15 is 0 Å². The number of carbonyl (C=O) groups is 2. The Morgan fingerprint density at radius 2 is 1.26 bits per heavy atom. The van der Waals surface area contributed by atoms with E-state index in [2.05, 4.69) is 0 Å². The topological polar surface area (TPSA) is 74.6 Å². The maximum absolute atomic E-state index is 12.6. The van der Waals surface area contributed by atoms with E-state index in [0.29, 0.717) is 5.56 Å². The van der Waals surface area contributed by atoms with Crippen molar-refractivity contribution in [2.24, 2.45) is 0 Å². The standard InChI is InChI=1S/C18H10O4.ClH/c19-14-6-5-11-15(18(14)22)17(21)13-8-10-4-2-1-3-9(10)7-12(13)16(11)20;/h1-8,19,22H;1H. The van der Waals surface area contributed by atoms with Crippen LogP contribution < -0.4 is 0 Å². The fraction of sp³-hybridized carbons (Fsp3) is 0.